The number of hydrogen-bond donors (Lipinski definition) is 2. The van der Waals surface area contributed by atoms with Crippen LogP contribution < -0.4 is 10.6 Å². The summed E-state index contributed by atoms with van der Waals surface area (Å²) in [6.07, 6.45) is -2.85. The molecule has 1 aromatic carbocycles. The number of rotatable bonds is 6. The molecule has 0 aliphatic carbocycles. The summed E-state index contributed by atoms with van der Waals surface area (Å²) in [7, 11) is 0. The highest BCUT2D eigenvalue weighted by Crippen LogP contribution is 2.33. The van der Waals surface area contributed by atoms with E-state index in [9.17, 15) is 18.0 Å². The van der Waals surface area contributed by atoms with E-state index < -0.39 is 11.7 Å². The van der Waals surface area contributed by atoms with Crippen LogP contribution in [0.5, 0.6) is 0 Å². The molecule has 124 valence electrons. The van der Waals surface area contributed by atoms with E-state index in [4.69, 9.17) is 16.0 Å². The molecule has 23 heavy (non-hydrogen) atoms. The Labute approximate surface area is 135 Å². The Hall–Kier alpha value is -2.15. The van der Waals surface area contributed by atoms with Gasteiger partial charge in [-0.15, -0.1) is 0 Å². The van der Waals surface area contributed by atoms with Crippen LogP contribution in [0.2, 0.25) is 5.02 Å². The van der Waals surface area contributed by atoms with E-state index in [0.29, 0.717) is 5.76 Å². The van der Waals surface area contributed by atoms with Crippen LogP contribution in [-0.4, -0.2) is 12.5 Å². The molecule has 2 N–H and O–H groups in total. The number of amides is 1. The van der Waals surface area contributed by atoms with E-state index in [1.54, 1.807) is 12.1 Å². The fraction of sp³-hybridized carbons (Fsp3) is 0.267. The normalized spacial score (nSPS) is 11.3. The lowest BCUT2D eigenvalue weighted by molar-refractivity contribution is -0.137. The number of carbonyl (C=O) groups excluding carboxylic acids is 1. The third-order valence-corrected chi connectivity index (χ3v) is 3.33. The van der Waals surface area contributed by atoms with E-state index in [0.717, 1.165) is 12.1 Å². The lowest BCUT2D eigenvalue weighted by Gasteiger charge is -2.12. The second kappa shape index (κ2) is 7.41. The molecule has 0 aliphatic rings. The van der Waals surface area contributed by atoms with E-state index >= 15 is 0 Å². The van der Waals surface area contributed by atoms with E-state index in [2.05, 4.69) is 10.6 Å². The Morgan fingerprint density at radius 2 is 2.04 bits per heavy atom. The van der Waals surface area contributed by atoms with Crippen molar-refractivity contribution >= 4 is 23.2 Å². The van der Waals surface area contributed by atoms with E-state index in [-0.39, 0.29) is 36.1 Å². The first-order valence-corrected chi connectivity index (χ1v) is 7.14. The highest BCUT2D eigenvalue weighted by molar-refractivity contribution is 6.33. The van der Waals surface area contributed by atoms with Crippen molar-refractivity contribution in [1.82, 2.24) is 5.32 Å². The number of alkyl halides is 3. The van der Waals surface area contributed by atoms with Crippen molar-refractivity contribution in [1.29, 1.82) is 0 Å². The predicted octanol–water partition coefficient (Wildman–Crippen LogP) is 4.07. The SMILES string of the molecule is O=C(CCNc1cc(C(F)(F)F)ccc1Cl)NCc1ccco1. The highest BCUT2D eigenvalue weighted by atomic mass is 35.5. The molecule has 0 radical (unpaired) electrons. The van der Waals surface area contributed by atoms with Gasteiger partial charge in [0.2, 0.25) is 5.91 Å². The van der Waals surface area contributed by atoms with Crippen LogP contribution >= 0.6 is 11.6 Å². The summed E-state index contributed by atoms with van der Waals surface area (Å²) in [4.78, 5) is 11.6. The quantitative estimate of drug-likeness (QED) is 0.829. The molecule has 1 heterocycles. The first-order valence-electron chi connectivity index (χ1n) is 6.76. The number of halogens is 4. The molecule has 8 heteroatoms. The number of hydrogen-bond acceptors (Lipinski definition) is 3. The molecule has 1 amide bonds. The molecular formula is C15H14ClF3N2O2. The maximum absolute atomic E-state index is 12.6. The monoisotopic (exact) mass is 346 g/mol. The molecule has 0 spiro atoms. The summed E-state index contributed by atoms with van der Waals surface area (Å²) in [5, 5.41) is 5.53. The van der Waals surface area contributed by atoms with Crippen LogP contribution in [-0.2, 0) is 17.5 Å². The minimum Gasteiger partial charge on any atom is -0.467 e. The van der Waals surface area contributed by atoms with Gasteiger partial charge < -0.3 is 15.1 Å². The van der Waals surface area contributed by atoms with E-state index in [1.165, 1.54) is 12.3 Å². The zero-order chi connectivity index (χ0) is 16.9. The number of anilines is 1. The molecular weight excluding hydrogens is 333 g/mol. The summed E-state index contributed by atoms with van der Waals surface area (Å²) in [6, 6.07) is 6.43. The Kier molecular flexibility index (Phi) is 5.54. The van der Waals surface area contributed by atoms with Gasteiger partial charge >= 0.3 is 6.18 Å². The van der Waals surface area contributed by atoms with Crippen LogP contribution in [0.3, 0.4) is 0 Å². The average Bonchev–Trinajstić information content (AvgIpc) is 2.99. The van der Waals surface area contributed by atoms with Gasteiger partial charge in [0, 0.05) is 13.0 Å². The summed E-state index contributed by atoms with van der Waals surface area (Å²) in [5.41, 5.74) is -0.660. The van der Waals surface area contributed by atoms with Crippen molar-refractivity contribution in [2.45, 2.75) is 19.1 Å². The number of benzene rings is 1. The van der Waals surface area contributed by atoms with Gasteiger partial charge in [0.15, 0.2) is 0 Å². The molecule has 2 rings (SSSR count). The van der Waals surface area contributed by atoms with Crippen molar-refractivity contribution in [3.63, 3.8) is 0 Å². The Balaban J connectivity index is 1.82. The Bertz CT molecular complexity index is 657. The van der Waals surface area contributed by atoms with E-state index in [1.807, 2.05) is 0 Å². The van der Waals surface area contributed by atoms with Crippen LogP contribution in [0.4, 0.5) is 18.9 Å². The molecule has 0 unspecified atom stereocenters. The molecule has 0 saturated carbocycles. The highest BCUT2D eigenvalue weighted by Gasteiger charge is 2.30. The van der Waals surface area contributed by atoms with Gasteiger partial charge in [-0.05, 0) is 30.3 Å². The molecule has 0 bridgehead atoms. The summed E-state index contributed by atoms with van der Waals surface area (Å²) < 4.78 is 43.0. The number of nitrogens with one attached hydrogen (secondary N) is 2. The van der Waals surface area contributed by atoms with Gasteiger partial charge in [-0.2, -0.15) is 13.2 Å². The molecule has 2 aromatic rings. The van der Waals surface area contributed by atoms with Gasteiger partial charge in [0.05, 0.1) is 29.1 Å². The lowest BCUT2D eigenvalue weighted by atomic mass is 10.2. The second-order valence-corrected chi connectivity index (χ2v) is 5.13. The molecule has 0 saturated heterocycles. The molecule has 1 aromatic heterocycles. The summed E-state index contributed by atoms with van der Waals surface area (Å²) in [5.74, 6) is 0.365. The third kappa shape index (κ3) is 5.21. The molecule has 0 atom stereocenters. The molecule has 4 nitrogen and oxygen atoms in total. The van der Waals surface area contributed by atoms with Crippen molar-refractivity contribution in [3.8, 4) is 0 Å². The average molecular weight is 347 g/mol. The zero-order valence-electron chi connectivity index (χ0n) is 11.9. The zero-order valence-corrected chi connectivity index (χ0v) is 12.7. The van der Waals surface area contributed by atoms with Crippen molar-refractivity contribution in [3.05, 3.63) is 52.9 Å². The predicted molar refractivity (Wildman–Crippen MR) is 80.1 cm³/mol. The first kappa shape index (κ1) is 17.2. The van der Waals surface area contributed by atoms with Gasteiger partial charge in [-0.1, -0.05) is 11.6 Å². The third-order valence-electron chi connectivity index (χ3n) is 3.00. The van der Waals surface area contributed by atoms with Gasteiger partial charge in [-0.3, -0.25) is 4.79 Å². The van der Waals surface area contributed by atoms with Crippen LogP contribution in [0.1, 0.15) is 17.7 Å². The minimum atomic E-state index is -4.44. The van der Waals surface area contributed by atoms with Crippen molar-refractivity contribution in [2.24, 2.45) is 0 Å². The van der Waals surface area contributed by atoms with Crippen molar-refractivity contribution in [2.75, 3.05) is 11.9 Å². The lowest BCUT2D eigenvalue weighted by Crippen LogP contribution is -2.24. The fourth-order valence-corrected chi connectivity index (χ4v) is 2.02. The van der Waals surface area contributed by atoms with Gasteiger partial charge in [0.1, 0.15) is 5.76 Å². The Morgan fingerprint density at radius 1 is 1.26 bits per heavy atom. The standard InChI is InChI=1S/C15H14ClF3N2O2/c16-12-4-3-10(15(17,18)19)8-13(12)20-6-5-14(22)21-9-11-2-1-7-23-11/h1-4,7-8,20H,5-6,9H2,(H,21,22). The van der Waals surface area contributed by atoms with Crippen LogP contribution in [0.15, 0.2) is 41.0 Å². The van der Waals surface area contributed by atoms with Crippen LogP contribution in [0.25, 0.3) is 0 Å². The number of carbonyl (C=O) groups is 1. The molecule has 0 fully saturated rings. The largest absolute Gasteiger partial charge is 0.467 e. The number of furan rings is 1. The molecule has 0 aliphatic heterocycles. The Morgan fingerprint density at radius 3 is 2.70 bits per heavy atom. The summed E-state index contributed by atoms with van der Waals surface area (Å²) in [6.45, 7) is 0.418. The second-order valence-electron chi connectivity index (χ2n) is 4.73. The maximum Gasteiger partial charge on any atom is 0.416 e. The fourth-order valence-electron chi connectivity index (χ4n) is 1.84. The van der Waals surface area contributed by atoms with Crippen molar-refractivity contribution < 1.29 is 22.4 Å². The van der Waals surface area contributed by atoms with Crippen LogP contribution in [0, 0.1) is 0 Å². The topological polar surface area (TPSA) is 54.3 Å². The summed E-state index contributed by atoms with van der Waals surface area (Å²) >= 11 is 5.85. The first-order chi connectivity index (χ1) is 10.9. The smallest absolute Gasteiger partial charge is 0.416 e. The van der Waals surface area contributed by atoms with Gasteiger partial charge in [-0.25, -0.2) is 0 Å². The minimum absolute atomic E-state index is 0.0906. The maximum atomic E-state index is 12.6. The van der Waals surface area contributed by atoms with Gasteiger partial charge in [0.25, 0.3) is 0 Å².